The lowest BCUT2D eigenvalue weighted by atomic mass is 10.8. The fourth-order valence-electron chi connectivity index (χ4n) is 0.401. The van der Waals surface area contributed by atoms with Crippen LogP contribution in [0.2, 0.25) is 0 Å². The van der Waals surface area contributed by atoms with Crippen LogP contribution in [0.4, 0.5) is 5.95 Å². The first-order valence-corrected chi connectivity index (χ1v) is 3.08. The Morgan fingerprint density at radius 2 is 2.38 bits per heavy atom. The van der Waals surface area contributed by atoms with E-state index in [4.69, 9.17) is 0 Å². The third-order valence-corrected chi connectivity index (χ3v) is 1.37. The number of rotatable bonds is 1. The fraction of sp³-hybridized carbons (Fsp3) is 0.500. The van der Waals surface area contributed by atoms with Crippen molar-refractivity contribution in [3.63, 3.8) is 0 Å². The van der Waals surface area contributed by atoms with Gasteiger partial charge in [0.1, 0.15) is 5.01 Å². The minimum atomic E-state index is 0.715. The molecule has 8 heavy (non-hydrogen) atoms. The first-order valence-electron chi connectivity index (χ1n) is 2.31. The second kappa shape index (κ2) is 2.09. The summed E-state index contributed by atoms with van der Waals surface area (Å²) in [5, 5.41) is 3.83. The van der Waals surface area contributed by atoms with E-state index in [9.17, 15) is 0 Å². The van der Waals surface area contributed by atoms with Crippen molar-refractivity contribution in [2.24, 2.45) is 0 Å². The number of nitrogens with one attached hydrogen (secondary N) is 1. The monoisotopic (exact) mass is 129 g/mol. The number of hydrogen-bond donors (Lipinski definition) is 1. The number of nitrogens with zero attached hydrogens (tertiary/aromatic N) is 2. The molecule has 0 aliphatic rings. The van der Waals surface area contributed by atoms with Gasteiger partial charge in [0.25, 0.3) is 0 Å². The molecule has 0 radical (unpaired) electrons. The van der Waals surface area contributed by atoms with Gasteiger partial charge in [-0.3, -0.25) is 0 Å². The van der Waals surface area contributed by atoms with Crippen LogP contribution in [0.3, 0.4) is 0 Å². The minimum Gasteiger partial charge on any atom is -0.357 e. The third kappa shape index (κ3) is 0.949. The lowest BCUT2D eigenvalue weighted by Gasteiger charge is -1.83. The highest BCUT2D eigenvalue weighted by atomic mass is 32.1. The van der Waals surface area contributed by atoms with E-state index in [1.807, 2.05) is 14.0 Å². The van der Waals surface area contributed by atoms with Crippen LogP contribution in [0.15, 0.2) is 0 Å². The van der Waals surface area contributed by atoms with E-state index in [-0.39, 0.29) is 0 Å². The van der Waals surface area contributed by atoms with Gasteiger partial charge in [-0.15, -0.1) is 0 Å². The highest BCUT2D eigenvalue weighted by Crippen LogP contribution is 2.04. The van der Waals surface area contributed by atoms with Gasteiger partial charge in [-0.1, -0.05) is 0 Å². The van der Waals surface area contributed by atoms with E-state index >= 15 is 0 Å². The maximum absolute atomic E-state index is 4.03. The maximum Gasteiger partial charge on any atom is 0.234 e. The highest BCUT2D eigenvalue weighted by molar-refractivity contribution is 7.05. The van der Waals surface area contributed by atoms with E-state index in [1.54, 1.807) is 0 Å². The first-order chi connectivity index (χ1) is 3.83. The van der Waals surface area contributed by atoms with Gasteiger partial charge in [-0.25, -0.2) is 4.98 Å². The topological polar surface area (TPSA) is 37.8 Å². The van der Waals surface area contributed by atoms with Crippen LogP contribution >= 0.6 is 11.5 Å². The van der Waals surface area contributed by atoms with Crippen molar-refractivity contribution in [3.05, 3.63) is 5.01 Å². The van der Waals surface area contributed by atoms with Crippen molar-refractivity contribution in [2.75, 3.05) is 12.4 Å². The molecule has 1 aromatic heterocycles. The largest absolute Gasteiger partial charge is 0.357 e. The van der Waals surface area contributed by atoms with Crippen molar-refractivity contribution >= 4 is 17.5 Å². The molecule has 1 aromatic rings. The zero-order chi connectivity index (χ0) is 5.98. The molecule has 0 saturated heterocycles. The Kier molecular flexibility index (Phi) is 1.43. The van der Waals surface area contributed by atoms with Crippen molar-refractivity contribution in [1.82, 2.24) is 9.36 Å². The summed E-state index contributed by atoms with van der Waals surface area (Å²) in [4.78, 5) is 4.03. The van der Waals surface area contributed by atoms with Gasteiger partial charge in [0.2, 0.25) is 5.95 Å². The van der Waals surface area contributed by atoms with Crippen LogP contribution in [0.25, 0.3) is 0 Å². The molecule has 0 unspecified atom stereocenters. The molecule has 0 saturated carbocycles. The van der Waals surface area contributed by atoms with E-state index in [0.29, 0.717) is 5.95 Å². The second-order valence-corrected chi connectivity index (χ2v) is 2.34. The molecule has 1 heterocycles. The summed E-state index contributed by atoms with van der Waals surface area (Å²) in [6.45, 7) is 1.93. The number of aryl methyl sites for hydroxylation is 1. The molecule has 0 aliphatic carbocycles. The Morgan fingerprint density at radius 1 is 1.62 bits per heavy atom. The Labute approximate surface area is 51.9 Å². The molecule has 0 amide bonds. The van der Waals surface area contributed by atoms with Gasteiger partial charge in [0.15, 0.2) is 0 Å². The van der Waals surface area contributed by atoms with Gasteiger partial charge in [0, 0.05) is 7.05 Å². The van der Waals surface area contributed by atoms with E-state index < -0.39 is 0 Å². The average Bonchev–Trinajstić information content (AvgIpc) is 2.14. The van der Waals surface area contributed by atoms with Crippen LogP contribution in [0.5, 0.6) is 0 Å². The minimum absolute atomic E-state index is 0.715. The molecule has 1 rings (SSSR count). The Balaban J connectivity index is 2.84. The first kappa shape index (κ1) is 5.50. The Morgan fingerprint density at radius 3 is 2.62 bits per heavy atom. The average molecular weight is 129 g/mol. The van der Waals surface area contributed by atoms with Crippen LogP contribution in [-0.4, -0.2) is 16.4 Å². The molecule has 0 spiro atoms. The molecule has 0 bridgehead atoms. The van der Waals surface area contributed by atoms with Gasteiger partial charge < -0.3 is 5.32 Å². The van der Waals surface area contributed by atoms with Crippen molar-refractivity contribution < 1.29 is 0 Å². The van der Waals surface area contributed by atoms with Crippen LogP contribution in [0.1, 0.15) is 5.01 Å². The summed E-state index contributed by atoms with van der Waals surface area (Å²) in [6.07, 6.45) is 0. The summed E-state index contributed by atoms with van der Waals surface area (Å²) in [6, 6.07) is 0. The summed E-state index contributed by atoms with van der Waals surface area (Å²) < 4.78 is 3.95. The van der Waals surface area contributed by atoms with Gasteiger partial charge in [-0.05, 0) is 18.5 Å². The van der Waals surface area contributed by atoms with Crippen LogP contribution in [-0.2, 0) is 0 Å². The standard InChI is InChI=1S/C4H7N3S/c1-3-6-4(5-2)7-8-3/h1-2H3,(H,5,7). The molecule has 44 valence electrons. The number of aromatic nitrogens is 2. The van der Waals surface area contributed by atoms with E-state index in [2.05, 4.69) is 14.7 Å². The van der Waals surface area contributed by atoms with Gasteiger partial charge >= 0.3 is 0 Å². The molecule has 4 heteroatoms. The summed E-state index contributed by atoms with van der Waals surface area (Å²) in [7, 11) is 1.81. The normalized spacial score (nSPS) is 9.25. The summed E-state index contributed by atoms with van der Waals surface area (Å²) >= 11 is 1.41. The predicted molar refractivity (Wildman–Crippen MR) is 34.2 cm³/mol. The zero-order valence-electron chi connectivity index (χ0n) is 4.80. The molecular formula is C4H7N3S. The Bertz CT molecular complexity index is 172. The maximum atomic E-state index is 4.03. The lowest BCUT2D eigenvalue weighted by Crippen LogP contribution is -1.88. The smallest absolute Gasteiger partial charge is 0.234 e. The van der Waals surface area contributed by atoms with Crippen LogP contribution < -0.4 is 5.32 Å². The van der Waals surface area contributed by atoms with E-state index in [1.165, 1.54) is 11.5 Å². The molecular weight excluding hydrogens is 122 g/mol. The molecule has 0 atom stereocenters. The SMILES string of the molecule is CNc1nsc(C)n1. The zero-order valence-corrected chi connectivity index (χ0v) is 5.62. The molecule has 0 aliphatic heterocycles. The van der Waals surface area contributed by atoms with Crippen LogP contribution in [0, 0.1) is 6.92 Å². The summed E-state index contributed by atoms with van der Waals surface area (Å²) in [5.74, 6) is 0.715. The molecule has 0 aromatic carbocycles. The third-order valence-electron chi connectivity index (χ3n) is 0.751. The number of hydrogen-bond acceptors (Lipinski definition) is 4. The van der Waals surface area contributed by atoms with Gasteiger partial charge in [0.05, 0.1) is 0 Å². The van der Waals surface area contributed by atoms with Gasteiger partial charge in [-0.2, -0.15) is 4.37 Å². The van der Waals surface area contributed by atoms with Crippen molar-refractivity contribution in [1.29, 1.82) is 0 Å². The molecule has 3 nitrogen and oxygen atoms in total. The van der Waals surface area contributed by atoms with Crippen molar-refractivity contribution in [3.8, 4) is 0 Å². The fourth-order valence-corrected chi connectivity index (χ4v) is 0.879. The highest BCUT2D eigenvalue weighted by Gasteiger charge is 1.92. The Hall–Kier alpha value is -0.640. The quantitative estimate of drug-likeness (QED) is 0.612. The second-order valence-electron chi connectivity index (χ2n) is 1.39. The van der Waals surface area contributed by atoms with Crippen molar-refractivity contribution in [2.45, 2.75) is 6.92 Å². The predicted octanol–water partition coefficient (Wildman–Crippen LogP) is 0.888. The molecule has 1 N–H and O–H groups in total. The lowest BCUT2D eigenvalue weighted by molar-refractivity contribution is 1.23. The summed E-state index contributed by atoms with van der Waals surface area (Å²) in [5.41, 5.74) is 0. The number of anilines is 1. The molecule has 0 fully saturated rings. The van der Waals surface area contributed by atoms with E-state index in [0.717, 1.165) is 5.01 Å².